The van der Waals surface area contributed by atoms with Gasteiger partial charge in [0, 0.05) is 29.4 Å². The monoisotopic (exact) mass is 354 g/mol. The van der Waals surface area contributed by atoms with Crippen LogP contribution >= 0.6 is 0 Å². The number of nitrogens with zero attached hydrogens (tertiary/aromatic N) is 1. The Morgan fingerprint density at radius 1 is 1.23 bits per heavy atom. The molecule has 0 spiro atoms. The highest BCUT2D eigenvalue weighted by atomic mass is 16.5. The molecule has 26 heavy (non-hydrogen) atoms. The number of hydrogen-bond donors (Lipinski definition) is 3. The van der Waals surface area contributed by atoms with E-state index < -0.39 is 5.97 Å². The fraction of sp³-hybridized carbons (Fsp3) is 0.250. The number of carbonyl (C=O) groups is 1. The zero-order valence-corrected chi connectivity index (χ0v) is 14.8. The van der Waals surface area contributed by atoms with Crippen LogP contribution in [0.15, 0.2) is 42.6 Å². The van der Waals surface area contributed by atoms with Crippen LogP contribution in [0.5, 0.6) is 11.5 Å². The quantitative estimate of drug-likeness (QED) is 0.620. The fourth-order valence-electron chi connectivity index (χ4n) is 2.80. The topological polar surface area (TPSA) is 97.7 Å². The van der Waals surface area contributed by atoms with Crippen LogP contribution < -0.4 is 10.5 Å². The third-order valence-electron chi connectivity index (χ3n) is 4.26. The number of aromatic hydroxyl groups is 1. The number of ether oxygens (including phenoxy) is 1. The van der Waals surface area contributed by atoms with E-state index >= 15 is 0 Å². The molecule has 0 saturated carbocycles. The summed E-state index contributed by atoms with van der Waals surface area (Å²) in [5.74, 6) is -0.163. The van der Waals surface area contributed by atoms with Crippen molar-refractivity contribution in [2.24, 2.45) is 5.92 Å². The Hall–Kier alpha value is -3.15. The molecule has 6 nitrogen and oxygen atoms in total. The van der Waals surface area contributed by atoms with Gasteiger partial charge < -0.3 is 25.3 Å². The largest absolute Gasteiger partial charge is 0.507 e. The molecule has 0 fully saturated rings. The van der Waals surface area contributed by atoms with Gasteiger partial charge in [-0.1, -0.05) is 13.8 Å². The Balaban J connectivity index is 2.00. The van der Waals surface area contributed by atoms with Crippen molar-refractivity contribution in [1.82, 2.24) is 4.57 Å². The third kappa shape index (κ3) is 3.44. The van der Waals surface area contributed by atoms with E-state index in [9.17, 15) is 9.90 Å². The molecular formula is C20H22N2O4. The summed E-state index contributed by atoms with van der Waals surface area (Å²) in [6.07, 6.45) is 2.71. The smallest absolute Gasteiger partial charge is 0.339 e. The number of phenols is 1. The van der Waals surface area contributed by atoms with Crippen molar-refractivity contribution in [2.75, 3.05) is 12.3 Å². The molecule has 0 amide bonds. The first kappa shape index (κ1) is 17.7. The van der Waals surface area contributed by atoms with Gasteiger partial charge in [-0.25, -0.2) is 4.79 Å². The number of aromatic carboxylic acids is 1. The molecule has 0 aliphatic rings. The maximum Gasteiger partial charge on any atom is 0.339 e. The highest BCUT2D eigenvalue weighted by molar-refractivity contribution is 5.95. The summed E-state index contributed by atoms with van der Waals surface area (Å²) in [5.41, 5.74) is 8.00. The number of nitrogen functional groups attached to an aromatic ring is 1. The lowest BCUT2D eigenvalue weighted by Gasteiger charge is -2.10. The summed E-state index contributed by atoms with van der Waals surface area (Å²) in [6.45, 7) is 4.92. The molecule has 1 aromatic heterocycles. The summed E-state index contributed by atoms with van der Waals surface area (Å²) in [6, 6.07) is 10.1. The molecule has 0 bridgehead atoms. The van der Waals surface area contributed by atoms with Crippen LogP contribution in [0.1, 0.15) is 30.6 Å². The lowest BCUT2D eigenvalue weighted by molar-refractivity contribution is 0.0693. The van der Waals surface area contributed by atoms with Crippen molar-refractivity contribution in [2.45, 2.75) is 20.3 Å². The minimum absolute atomic E-state index is 0.143. The van der Waals surface area contributed by atoms with Crippen LogP contribution in [0.2, 0.25) is 0 Å². The van der Waals surface area contributed by atoms with Gasteiger partial charge in [0.15, 0.2) is 0 Å². The average molecular weight is 354 g/mol. The zero-order valence-electron chi connectivity index (χ0n) is 14.8. The van der Waals surface area contributed by atoms with E-state index in [1.165, 1.54) is 12.1 Å². The number of aromatic nitrogens is 1. The van der Waals surface area contributed by atoms with E-state index in [-0.39, 0.29) is 11.3 Å². The Bertz CT molecular complexity index is 960. The molecule has 1 heterocycles. The number of carboxylic acids is 1. The van der Waals surface area contributed by atoms with Gasteiger partial charge in [-0.05, 0) is 36.6 Å². The normalized spacial score (nSPS) is 11.2. The lowest BCUT2D eigenvalue weighted by atomic mass is 10.1. The van der Waals surface area contributed by atoms with Crippen LogP contribution in [0, 0.1) is 5.92 Å². The fourth-order valence-corrected chi connectivity index (χ4v) is 2.80. The molecule has 2 aromatic carbocycles. The van der Waals surface area contributed by atoms with Crippen LogP contribution in [0.4, 0.5) is 5.69 Å². The number of benzene rings is 2. The van der Waals surface area contributed by atoms with Crippen LogP contribution in [0.25, 0.3) is 16.6 Å². The number of hydrogen-bond acceptors (Lipinski definition) is 4. The first-order valence-electron chi connectivity index (χ1n) is 8.47. The van der Waals surface area contributed by atoms with Crippen LogP contribution in [-0.4, -0.2) is 27.4 Å². The second-order valence-corrected chi connectivity index (χ2v) is 6.67. The molecule has 0 atom stereocenters. The summed E-state index contributed by atoms with van der Waals surface area (Å²) >= 11 is 0. The summed E-state index contributed by atoms with van der Waals surface area (Å²) in [4.78, 5) is 11.1. The van der Waals surface area contributed by atoms with E-state index in [0.717, 1.165) is 23.1 Å². The van der Waals surface area contributed by atoms with Crippen molar-refractivity contribution < 1.29 is 19.7 Å². The first-order valence-corrected chi connectivity index (χ1v) is 8.47. The SMILES string of the molecule is CC(C)CCOc1ccc2c(N)cn(-c3ccc(C(=O)O)c(O)c3)c2c1. The maximum absolute atomic E-state index is 11.1. The number of anilines is 1. The second kappa shape index (κ2) is 7.00. The van der Waals surface area contributed by atoms with Crippen molar-refractivity contribution in [1.29, 1.82) is 0 Å². The second-order valence-electron chi connectivity index (χ2n) is 6.67. The maximum atomic E-state index is 11.1. The van der Waals surface area contributed by atoms with Crippen molar-refractivity contribution in [3.63, 3.8) is 0 Å². The molecule has 6 heteroatoms. The minimum Gasteiger partial charge on any atom is -0.507 e. The number of fused-ring (bicyclic) bond motifs is 1. The third-order valence-corrected chi connectivity index (χ3v) is 4.26. The minimum atomic E-state index is -1.17. The first-order chi connectivity index (χ1) is 12.4. The lowest BCUT2D eigenvalue weighted by Crippen LogP contribution is -2.01. The molecule has 0 radical (unpaired) electrons. The predicted octanol–water partition coefficient (Wildman–Crippen LogP) is 4.04. The molecule has 4 N–H and O–H groups in total. The molecule has 0 aliphatic carbocycles. The Labute approximate surface area is 151 Å². The molecule has 3 rings (SSSR count). The number of rotatable bonds is 6. The van der Waals surface area contributed by atoms with E-state index in [0.29, 0.717) is 23.9 Å². The van der Waals surface area contributed by atoms with Gasteiger partial charge >= 0.3 is 5.97 Å². The van der Waals surface area contributed by atoms with Crippen LogP contribution in [-0.2, 0) is 0 Å². The van der Waals surface area contributed by atoms with E-state index in [1.54, 1.807) is 12.3 Å². The van der Waals surface area contributed by atoms with E-state index in [2.05, 4.69) is 13.8 Å². The van der Waals surface area contributed by atoms with Gasteiger partial charge in [0.25, 0.3) is 0 Å². The molecule has 0 unspecified atom stereocenters. The number of carboxylic acid groups (broad SMARTS) is 1. The Morgan fingerprint density at radius 3 is 2.65 bits per heavy atom. The van der Waals surface area contributed by atoms with Gasteiger partial charge in [0.05, 0.1) is 17.8 Å². The summed E-state index contributed by atoms with van der Waals surface area (Å²) < 4.78 is 7.63. The van der Waals surface area contributed by atoms with Crippen LogP contribution in [0.3, 0.4) is 0 Å². The highest BCUT2D eigenvalue weighted by Gasteiger charge is 2.13. The predicted molar refractivity (Wildman–Crippen MR) is 101 cm³/mol. The molecule has 3 aromatic rings. The molecule has 0 aliphatic heterocycles. The van der Waals surface area contributed by atoms with E-state index in [1.807, 2.05) is 22.8 Å². The Kier molecular flexibility index (Phi) is 4.75. The Morgan fingerprint density at radius 2 is 2.00 bits per heavy atom. The highest BCUT2D eigenvalue weighted by Crippen LogP contribution is 2.31. The zero-order chi connectivity index (χ0) is 18.8. The van der Waals surface area contributed by atoms with Gasteiger partial charge in [0.1, 0.15) is 17.1 Å². The summed E-state index contributed by atoms with van der Waals surface area (Å²) in [5, 5.41) is 19.9. The molecule has 0 saturated heterocycles. The van der Waals surface area contributed by atoms with Gasteiger partial charge in [-0.15, -0.1) is 0 Å². The standard InChI is InChI=1S/C20H22N2O4/c1-12(2)7-8-26-14-4-6-15-17(21)11-22(18(15)10-14)13-3-5-16(20(24)25)19(23)9-13/h3-6,9-12,23H,7-8,21H2,1-2H3,(H,24,25). The van der Waals surface area contributed by atoms with Crippen molar-refractivity contribution in [3.05, 3.63) is 48.2 Å². The van der Waals surface area contributed by atoms with Crippen molar-refractivity contribution in [3.8, 4) is 17.2 Å². The number of nitrogens with two attached hydrogens (primary N) is 1. The van der Waals surface area contributed by atoms with Crippen molar-refractivity contribution >= 4 is 22.6 Å². The van der Waals surface area contributed by atoms with Gasteiger partial charge in [-0.2, -0.15) is 0 Å². The van der Waals surface area contributed by atoms with Gasteiger partial charge in [0.2, 0.25) is 0 Å². The molecular weight excluding hydrogens is 332 g/mol. The summed E-state index contributed by atoms with van der Waals surface area (Å²) in [7, 11) is 0. The average Bonchev–Trinajstić information content (AvgIpc) is 2.90. The molecule has 136 valence electrons. The van der Waals surface area contributed by atoms with E-state index in [4.69, 9.17) is 15.6 Å². The van der Waals surface area contributed by atoms with Gasteiger partial charge in [-0.3, -0.25) is 0 Å².